The summed E-state index contributed by atoms with van der Waals surface area (Å²) < 4.78 is 5.40. The van der Waals surface area contributed by atoms with Gasteiger partial charge >= 0.3 is 0 Å². The predicted octanol–water partition coefficient (Wildman–Crippen LogP) is 3.06. The van der Waals surface area contributed by atoms with E-state index in [1.807, 2.05) is 19.9 Å². The van der Waals surface area contributed by atoms with E-state index in [1.54, 1.807) is 53.4 Å². The number of carbonyl (C=O) groups is 2. The molecular formula is C20H21N3O3. The molecule has 1 N–H and O–H groups in total. The van der Waals surface area contributed by atoms with Crippen LogP contribution in [0.1, 0.15) is 29.8 Å². The summed E-state index contributed by atoms with van der Waals surface area (Å²) in [5.74, 6) is -0.0916. The number of rotatable bonds is 7. The van der Waals surface area contributed by atoms with Crippen molar-refractivity contribution in [3.05, 3.63) is 59.7 Å². The Morgan fingerprint density at radius 3 is 2.54 bits per heavy atom. The number of hydrogen-bond donors (Lipinski definition) is 1. The minimum absolute atomic E-state index is 0.0784. The molecule has 0 saturated heterocycles. The van der Waals surface area contributed by atoms with Gasteiger partial charge in [0.05, 0.1) is 5.56 Å². The highest BCUT2D eigenvalue weighted by Gasteiger charge is 2.13. The number of nitrogens with one attached hydrogen (secondary N) is 1. The average Bonchev–Trinajstić information content (AvgIpc) is 2.67. The Morgan fingerprint density at radius 2 is 1.85 bits per heavy atom. The maximum absolute atomic E-state index is 12.4. The molecule has 0 saturated carbocycles. The number of carbonyl (C=O) groups excluding carboxylic acids is 2. The Balaban J connectivity index is 2.00. The topological polar surface area (TPSA) is 82.4 Å². The van der Waals surface area contributed by atoms with Gasteiger partial charge in [-0.05, 0) is 44.2 Å². The van der Waals surface area contributed by atoms with Gasteiger partial charge in [-0.15, -0.1) is 0 Å². The first kappa shape index (κ1) is 19.0. The second-order valence-corrected chi connectivity index (χ2v) is 5.50. The normalized spacial score (nSPS) is 9.88. The molecule has 2 rings (SSSR count). The van der Waals surface area contributed by atoms with Crippen LogP contribution < -0.4 is 10.1 Å². The minimum Gasteiger partial charge on any atom is -0.482 e. The second kappa shape index (κ2) is 9.23. The lowest BCUT2D eigenvalue weighted by Gasteiger charge is -2.19. The van der Waals surface area contributed by atoms with Gasteiger partial charge in [0, 0.05) is 24.3 Å². The van der Waals surface area contributed by atoms with Crippen molar-refractivity contribution in [2.45, 2.75) is 13.8 Å². The largest absolute Gasteiger partial charge is 0.482 e. The summed E-state index contributed by atoms with van der Waals surface area (Å²) in [6.07, 6.45) is 0. The molecule has 26 heavy (non-hydrogen) atoms. The standard InChI is InChI=1S/C20H21N3O3/c1-3-23(4-2)20(25)15-9-7-10-17(12-15)22-19(24)14-26-18-11-6-5-8-16(18)13-21/h5-12H,3-4,14H2,1-2H3,(H,22,24). The van der Waals surface area contributed by atoms with Crippen molar-refractivity contribution in [3.8, 4) is 11.8 Å². The lowest BCUT2D eigenvalue weighted by Crippen LogP contribution is -2.30. The first-order chi connectivity index (χ1) is 12.6. The van der Waals surface area contributed by atoms with E-state index in [1.165, 1.54) is 0 Å². The van der Waals surface area contributed by atoms with Crippen molar-refractivity contribution < 1.29 is 14.3 Å². The molecule has 0 unspecified atom stereocenters. The maximum atomic E-state index is 12.4. The number of hydrogen-bond acceptors (Lipinski definition) is 4. The van der Waals surface area contributed by atoms with E-state index in [4.69, 9.17) is 10.00 Å². The molecule has 2 aromatic rings. The van der Waals surface area contributed by atoms with Crippen LogP contribution in [-0.2, 0) is 4.79 Å². The van der Waals surface area contributed by atoms with Crippen LogP contribution in [0.25, 0.3) is 0 Å². The molecule has 134 valence electrons. The van der Waals surface area contributed by atoms with Gasteiger partial charge in [-0.3, -0.25) is 9.59 Å². The Bertz CT molecular complexity index is 823. The summed E-state index contributed by atoms with van der Waals surface area (Å²) in [5, 5.41) is 11.7. The molecule has 6 nitrogen and oxygen atoms in total. The molecule has 0 atom stereocenters. The third-order valence-electron chi connectivity index (χ3n) is 3.81. The molecule has 0 aliphatic carbocycles. The van der Waals surface area contributed by atoms with Gasteiger partial charge in [0.25, 0.3) is 11.8 Å². The van der Waals surface area contributed by atoms with Crippen LogP contribution in [0.2, 0.25) is 0 Å². The molecule has 0 aromatic heterocycles. The summed E-state index contributed by atoms with van der Waals surface area (Å²) in [6.45, 7) is 4.86. The fraction of sp³-hybridized carbons (Fsp3) is 0.250. The van der Waals surface area contributed by atoms with Gasteiger partial charge < -0.3 is 15.0 Å². The molecule has 0 fully saturated rings. The SMILES string of the molecule is CCN(CC)C(=O)c1cccc(NC(=O)COc2ccccc2C#N)c1. The van der Waals surface area contributed by atoms with E-state index in [0.717, 1.165) is 0 Å². The third kappa shape index (κ3) is 4.84. The van der Waals surface area contributed by atoms with Crippen molar-refractivity contribution >= 4 is 17.5 Å². The summed E-state index contributed by atoms with van der Waals surface area (Å²) in [5.41, 5.74) is 1.40. The smallest absolute Gasteiger partial charge is 0.262 e. The van der Waals surface area contributed by atoms with Crippen LogP contribution in [0, 0.1) is 11.3 Å². The zero-order valence-electron chi connectivity index (χ0n) is 14.9. The zero-order valence-corrected chi connectivity index (χ0v) is 14.9. The Hall–Kier alpha value is -3.33. The first-order valence-corrected chi connectivity index (χ1v) is 8.40. The Kier molecular flexibility index (Phi) is 6.75. The van der Waals surface area contributed by atoms with E-state index in [-0.39, 0.29) is 18.4 Å². The number of amides is 2. The third-order valence-corrected chi connectivity index (χ3v) is 3.81. The van der Waals surface area contributed by atoms with Crippen LogP contribution in [-0.4, -0.2) is 36.4 Å². The minimum atomic E-state index is -0.370. The average molecular weight is 351 g/mol. The highest BCUT2D eigenvalue weighted by atomic mass is 16.5. The predicted molar refractivity (Wildman–Crippen MR) is 99.0 cm³/mol. The lowest BCUT2D eigenvalue weighted by molar-refractivity contribution is -0.118. The number of ether oxygens (including phenoxy) is 1. The van der Waals surface area contributed by atoms with Crippen LogP contribution in [0.5, 0.6) is 5.75 Å². The summed E-state index contributed by atoms with van der Waals surface area (Å²) in [7, 11) is 0. The van der Waals surface area contributed by atoms with Gasteiger partial charge in [0.2, 0.25) is 0 Å². The maximum Gasteiger partial charge on any atom is 0.262 e. The summed E-state index contributed by atoms with van der Waals surface area (Å²) in [6, 6.07) is 15.5. The number of nitrogens with zero attached hydrogens (tertiary/aromatic N) is 2. The highest BCUT2D eigenvalue weighted by Crippen LogP contribution is 2.17. The van der Waals surface area contributed by atoms with Crippen LogP contribution in [0.4, 0.5) is 5.69 Å². The highest BCUT2D eigenvalue weighted by molar-refractivity contribution is 5.97. The summed E-state index contributed by atoms with van der Waals surface area (Å²) in [4.78, 5) is 26.2. The summed E-state index contributed by atoms with van der Waals surface area (Å²) >= 11 is 0. The molecule has 0 spiro atoms. The zero-order chi connectivity index (χ0) is 18.9. The molecule has 2 aromatic carbocycles. The molecule has 0 bridgehead atoms. The van der Waals surface area contributed by atoms with E-state index < -0.39 is 0 Å². The van der Waals surface area contributed by atoms with Crippen molar-refractivity contribution in [2.24, 2.45) is 0 Å². The quantitative estimate of drug-likeness (QED) is 0.831. The fourth-order valence-electron chi connectivity index (χ4n) is 2.45. The molecule has 0 aliphatic heterocycles. The van der Waals surface area contributed by atoms with Gasteiger partial charge in [0.1, 0.15) is 11.8 Å². The Morgan fingerprint density at radius 1 is 1.12 bits per heavy atom. The fourth-order valence-corrected chi connectivity index (χ4v) is 2.45. The van der Waals surface area contributed by atoms with Gasteiger partial charge in [-0.2, -0.15) is 5.26 Å². The van der Waals surface area contributed by atoms with E-state index in [9.17, 15) is 9.59 Å². The van der Waals surface area contributed by atoms with Gasteiger partial charge in [0.15, 0.2) is 6.61 Å². The second-order valence-electron chi connectivity index (χ2n) is 5.50. The van der Waals surface area contributed by atoms with Crippen molar-refractivity contribution in [3.63, 3.8) is 0 Å². The monoisotopic (exact) mass is 351 g/mol. The van der Waals surface area contributed by atoms with Gasteiger partial charge in [-0.25, -0.2) is 0 Å². The van der Waals surface area contributed by atoms with E-state index in [0.29, 0.717) is 35.7 Å². The molecule has 2 amide bonds. The van der Waals surface area contributed by atoms with E-state index in [2.05, 4.69) is 5.32 Å². The van der Waals surface area contributed by atoms with Crippen molar-refractivity contribution in [2.75, 3.05) is 25.0 Å². The molecule has 0 radical (unpaired) electrons. The van der Waals surface area contributed by atoms with Gasteiger partial charge in [-0.1, -0.05) is 18.2 Å². The first-order valence-electron chi connectivity index (χ1n) is 8.40. The molecule has 0 heterocycles. The van der Waals surface area contributed by atoms with E-state index >= 15 is 0 Å². The number of benzene rings is 2. The van der Waals surface area contributed by atoms with Crippen molar-refractivity contribution in [1.82, 2.24) is 4.90 Å². The van der Waals surface area contributed by atoms with Crippen molar-refractivity contribution in [1.29, 1.82) is 5.26 Å². The number of nitriles is 1. The Labute approximate surface area is 153 Å². The number of anilines is 1. The molecular weight excluding hydrogens is 330 g/mol. The van der Waals surface area contributed by atoms with Crippen LogP contribution in [0.15, 0.2) is 48.5 Å². The lowest BCUT2D eigenvalue weighted by atomic mass is 10.1. The van der Waals surface area contributed by atoms with Crippen LogP contribution >= 0.6 is 0 Å². The molecule has 6 heteroatoms. The van der Waals surface area contributed by atoms with Crippen LogP contribution in [0.3, 0.4) is 0 Å². The number of para-hydroxylation sites is 1. The molecule has 0 aliphatic rings.